The molecule has 1 aromatic heterocycles. The molecule has 1 aromatic rings. The fourth-order valence-electron chi connectivity index (χ4n) is 2.70. The minimum Gasteiger partial charge on any atom is -0.481 e. The zero-order chi connectivity index (χ0) is 14.5. The fraction of sp³-hybridized carbons (Fsp3) is 0.533. The smallest absolute Gasteiger partial charge is 0.306 e. The highest BCUT2D eigenvalue weighted by atomic mass is 16.4. The van der Waals surface area contributed by atoms with Gasteiger partial charge in [0, 0.05) is 31.9 Å². The number of hydrogen-bond donors (Lipinski definition) is 1. The molecule has 5 heteroatoms. The maximum absolute atomic E-state index is 12.3. The van der Waals surface area contributed by atoms with Gasteiger partial charge in [-0.2, -0.15) is 0 Å². The molecule has 1 amide bonds. The van der Waals surface area contributed by atoms with Crippen molar-refractivity contribution in [2.75, 3.05) is 13.6 Å². The van der Waals surface area contributed by atoms with E-state index in [-0.39, 0.29) is 17.7 Å². The number of nitrogens with zero attached hydrogens (tertiary/aromatic N) is 2. The fourth-order valence-corrected chi connectivity index (χ4v) is 2.70. The number of carboxylic acid groups (broad SMARTS) is 1. The second kappa shape index (κ2) is 6.50. The molecule has 0 unspecified atom stereocenters. The summed E-state index contributed by atoms with van der Waals surface area (Å²) in [7, 11) is 1.79. The average molecular weight is 276 g/mol. The molecule has 0 bridgehead atoms. The van der Waals surface area contributed by atoms with Gasteiger partial charge in [0.15, 0.2) is 0 Å². The first-order valence-corrected chi connectivity index (χ1v) is 6.94. The van der Waals surface area contributed by atoms with E-state index in [2.05, 4.69) is 4.98 Å². The van der Waals surface area contributed by atoms with Crippen LogP contribution in [0.5, 0.6) is 0 Å². The molecule has 1 aliphatic carbocycles. The van der Waals surface area contributed by atoms with Crippen molar-refractivity contribution in [1.82, 2.24) is 9.88 Å². The van der Waals surface area contributed by atoms with Crippen molar-refractivity contribution >= 4 is 11.9 Å². The van der Waals surface area contributed by atoms with Gasteiger partial charge in [-0.3, -0.25) is 14.6 Å². The third-order valence-corrected chi connectivity index (χ3v) is 3.99. The molecule has 1 fully saturated rings. The summed E-state index contributed by atoms with van der Waals surface area (Å²) in [5.74, 6) is -1.18. The van der Waals surface area contributed by atoms with Crippen molar-refractivity contribution in [2.45, 2.75) is 25.7 Å². The lowest BCUT2D eigenvalue weighted by atomic mass is 10.0. The van der Waals surface area contributed by atoms with Gasteiger partial charge in [-0.05, 0) is 43.4 Å². The van der Waals surface area contributed by atoms with E-state index in [1.807, 2.05) is 12.1 Å². The third kappa shape index (κ3) is 3.56. The topological polar surface area (TPSA) is 70.5 Å². The average Bonchev–Trinajstić information content (AvgIpc) is 2.95. The minimum atomic E-state index is -0.778. The Morgan fingerprint density at radius 2 is 1.95 bits per heavy atom. The number of hydrogen-bond acceptors (Lipinski definition) is 3. The first-order valence-electron chi connectivity index (χ1n) is 6.94. The van der Waals surface area contributed by atoms with Crippen LogP contribution in [0, 0.1) is 11.8 Å². The molecular formula is C15H20N2O3. The van der Waals surface area contributed by atoms with Crippen molar-refractivity contribution in [3.8, 4) is 0 Å². The van der Waals surface area contributed by atoms with Crippen molar-refractivity contribution in [3.63, 3.8) is 0 Å². The van der Waals surface area contributed by atoms with Crippen LogP contribution in [0.4, 0.5) is 0 Å². The molecule has 5 nitrogen and oxygen atoms in total. The predicted octanol–water partition coefficient (Wildman–Crippen LogP) is 1.58. The molecular weight excluding hydrogens is 256 g/mol. The van der Waals surface area contributed by atoms with Crippen molar-refractivity contribution in [3.05, 3.63) is 30.1 Å². The number of amides is 1. The Labute approximate surface area is 118 Å². The highest BCUT2D eigenvalue weighted by Gasteiger charge is 2.34. The van der Waals surface area contributed by atoms with Crippen molar-refractivity contribution in [1.29, 1.82) is 0 Å². The summed E-state index contributed by atoms with van der Waals surface area (Å²) in [4.78, 5) is 28.9. The SMILES string of the molecule is CN(CCc1ccncc1)C(=O)[C@@H]1CC[C@H](C(=O)O)C1. The molecule has 2 rings (SSSR count). The highest BCUT2D eigenvalue weighted by Crippen LogP contribution is 2.32. The maximum Gasteiger partial charge on any atom is 0.306 e. The van der Waals surface area contributed by atoms with Crippen LogP contribution in [0.1, 0.15) is 24.8 Å². The molecule has 0 aliphatic heterocycles. The number of pyridine rings is 1. The number of carbonyl (C=O) groups excluding carboxylic acids is 1. The lowest BCUT2D eigenvalue weighted by Crippen LogP contribution is -2.33. The first-order chi connectivity index (χ1) is 9.58. The molecule has 0 radical (unpaired) electrons. The molecule has 1 N–H and O–H groups in total. The van der Waals surface area contributed by atoms with Gasteiger partial charge in [0.05, 0.1) is 5.92 Å². The van der Waals surface area contributed by atoms with Crippen LogP contribution in [0.3, 0.4) is 0 Å². The molecule has 20 heavy (non-hydrogen) atoms. The summed E-state index contributed by atoms with van der Waals surface area (Å²) >= 11 is 0. The highest BCUT2D eigenvalue weighted by molar-refractivity contribution is 5.80. The summed E-state index contributed by atoms with van der Waals surface area (Å²) in [6, 6.07) is 3.88. The number of aliphatic carboxylic acids is 1. The van der Waals surface area contributed by atoms with E-state index in [9.17, 15) is 9.59 Å². The van der Waals surface area contributed by atoms with Gasteiger partial charge >= 0.3 is 5.97 Å². The molecule has 0 spiro atoms. The molecule has 0 saturated heterocycles. The van der Waals surface area contributed by atoms with E-state index in [1.54, 1.807) is 24.3 Å². The lowest BCUT2D eigenvalue weighted by Gasteiger charge is -2.21. The Hall–Kier alpha value is -1.91. The minimum absolute atomic E-state index is 0.0720. The van der Waals surface area contributed by atoms with Gasteiger partial charge in [0.1, 0.15) is 0 Å². The number of likely N-dealkylation sites (N-methyl/N-ethyl adjacent to an activating group) is 1. The van der Waals surface area contributed by atoms with E-state index in [4.69, 9.17) is 5.11 Å². The monoisotopic (exact) mass is 276 g/mol. The summed E-state index contributed by atoms with van der Waals surface area (Å²) in [6.07, 6.45) is 6.06. The third-order valence-electron chi connectivity index (χ3n) is 3.99. The Bertz CT molecular complexity index is 475. The molecule has 1 heterocycles. The van der Waals surface area contributed by atoms with Crippen LogP contribution < -0.4 is 0 Å². The van der Waals surface area contributed by atoms with Crippen LogP contribution in [0.25, 0.3) is 0 Å². The van der Waals surface area contributed by atoms with E-state index in [0.29, 0.717) is 25.8 Å². The van der Waals surface area contributed by atoms with Crippen LogP contribution in [0.2, 0.25) is 0 Å². The van der Waals surface area contributed by atoms with Crippen LogP contribution in [-0.2, 0) is 16.0 Å². The van der Waals surface area contributed by atoms with Gasteiger partial charge in [0.2, 0.25) is 5.91 Å². The Morgan fingerprint density at radius 3 is 2.55 bits per heavy atom. The van der Waals surface area contributed by atoms with E-state index in [0.717, 1.165) is 12.0 Å². The zero-order valence-electron chi connectivity index (χ0n) is 11.7. The summed E-state index contributed by atoms with van der Waals surface area (Å²) in [5, 5.41) is 8.97. The second-order valence-electron chi connectivity index (χ2n) is 5.41. The molecule has 1 saturated carbocycles. The first kappa shape index (κ1) is 14.5. The summed E-state index contributed by atoms with van der Waals surface area (Å²) in [5.41, 5.74) is 1.15. The largest absolute Gasteiger partial charge is 0.481 e. The van der Waals surface area contributed by atoms with Crippen LogP contribution in [-0.4, -0.2) is 40.5 Å². The van der Waals surface area contributed by atoms with Crippen LogP contribution >= 0.6 is 0 Å². The predicted molar refractivity (Wildman–Crippen MR) is 74.0 cm³/mol. The molecule has 0 aromatic carbocycles. The number of aromatic nitrogens is 1. The number of carboxylic acids is 1. The van der Waals surface area contributed by atoms with E-state index >= 15 is 0 Å². The van der Waals surface area contributed by atoms with Gasteiger partial charge in [0.25, 0.3) is 0 Å². The maximum atomic E-state index is 12.3. The lowest BCUT2D eigenvalue weighted by molar-refractivity contribution is -0.141. The number of rotatable bonds is 5. The Kier molecular flexibility index (Phi) is 4.71. The summed E-state index contributed by atoms with van der Waals surface area (Å²) < 4.78 is 0. The van der Waals surface area contributed by atoms with Gasteiger partial charge in [-0.15, -0.1) is 0 Å². The van der Waals surface area contributed by atoms with Crippen molar-refractivity contribution in [2.24, 2.45) is 11.8 Å². The van der Waals surface area contributed by atoms with E-state index < -0.39 is 5.97 Å². The van der Waals surface area contributed by atoms with Crippen molar-refractivity contribution < 1.29 is 14.7 Å². The summed E-state index contributed by atoms with van der Waals surface area (Å²) in [6.45, 7) is 0.650. The molecule has 1 aliphatic rings. The van der Waals surface area contributed by atoms with Gasteiger partial charge in [-0.1, -0.05) is 0 Å². The van der Waals surface area contributed by atoms with Crippen LogP contribution in [0.15, 0.2) is 24.5 Å². The number of carbonyl (C=O) groups is 2. The quantitative estimate of drug-likeness (QED) is 0.886. The second-order valence-corrected chi connectivity index (χ2v) is 5.41. The van der Waals surface area contributed by atoms with Gasteiger partial charge in [-0.25, -0.2) is 0 Å². The Morgan fingerprint density at radius 1 is 1.30 bits per heavy atom. The molecule has 108 valence electrons. The standard InChI is InChI=1S/C15H20N2O3/c1-17(9-6-11-4-7-16-8-5-11)14(18)12-2-3-13(10-12)15(19)20/h4-5,7-8,12-13H,2-3,6,9-10H2,1H3,(H,19,20)/t12-,13+/m1/s1. The Balaban J connectivity index is 1.82. The zero-order valence-corrected chi connectivity index (χ0v) is 11.7. The molecule has 2 atom stereocenters. The van der Waals surface area contributed by atoms with E-state index in [1.165, 1.54) is 0 Å². The van der Waals surface area contributed by atoms with Gasteiger partial charge < -0.3 is 10.0 Å². The normalized spacial score (nSPS) is 21.6.